The summed E-state index contributed by atoms with van der Waals surface area (Å²) in [5.74, 6) is 0. The van der Waals surface area contributed by atoms with Gasteiger partial charge >= 0.3 is 0 Å². The predicted octanol–water partition coefficient (Wildman–Crippen LogP) is 7.49. The Bertz CT molecular complexity index is 812. The molecule has 0 amide bonds. The predicted molar refractivity (Wildman–Crippen MR) is 118 cm³/mol. The standard InChI is InChI=1S/C26H34O/c1-15(2)25(23-13-17(5)11-19(7)21(23)9)27-26(16(3)4)24-14-18(6)12-20(8)22(24)10/h11-14,25-26H,1,3H2,2,4-10H3. The van der Waals surface area contributed by atoms with Gasteiger partial charge in [0.25, 0.3) is 0 Å². The molecule has 0 aliphatic carbocycles. The van der Waals surface area contributed by atoms with Crippen LogP contribution in [0.3, 0.4) is 0 Å². The van der Waals surface area contributed by atoms with E-state index in [0.717, 1.165) is 11.1 Å². The second-order valence-corrected chi connectivity index (χ2v) is 8.18. The molecule has 2 aromatic carbocycles. The van der Waals surface area contributed by atoms with E-state index in [0.29, 0.717) is 0 Å². The van der Waals surface area contributed by atoms with Crippen LogP contribution in [-0.4, -0.2) is 0 Å². The first-order chi connectivity index (χ1) is 12.5. The molecule has 2 unspecified atom stereocenters. The molecular formula is C26H34O. The van der Waals surface area contributed by atoms with Crippen LogP contribution in [0, 0.1) is 41.5 Å². The summed E-state index contributed by atoms with van der Waals surface area (Å²) in [4.78, 5) is 0. The van der Waals surface area contributed by atoms with Crippen LogP contribution in [-0.2, 0) is 4.74 Å². The van der Waals surface area contributed by atoms with Crippen LogP contribution in [0.25, 0.3) is 0 Å². The SMILES string of the molecule is C=C(C)C(OC(C(=C)C)c1cc(C)cc(C)c1C)c1cc(C)cc(C)c1C. The van der Waals surface area contributed by atoms with Gasteiger partial charge in [-0.1, -0.05) is 48.6 Å². The van der Waals surface area contributed by atoms with Crippen LogP contribution in [0.15, 0.2) is 48.6 Å². The normalized spacial score (nSPS) is 13.3. The summed E-state index contributed by atoms with van der Waals surface area (Å²) in [7, 11) is 0. The van der Waals surface area contributed by atoms with E-state index in [9.17, 15) is 0 Å². The highest BCUT2D eigenvalue weighted by Crippen LogP contribution is 2.38. The van der Waals surface area contributed by atoms with Crippen LogP contribution < -0.4 is 0 Å². The van der Waals surface area contributed by atoms with Gasteiger partial charge in [-0.25, -0.2) is 0 Å². The van der Waals surface area contributed by atoms with E-state index in [2.05, 4.69) is 79.0 Å². The largest absolute Gasteiger partial charge is 0.357 e. The topological polar surface area (TPSA) is 9.23 Å². The highest BCUT2D eigenvalue weighted by Gasteiger charge is 2.25. The molecule has 1 nitrogen and oxygen atoms in total. The monoisotopic (exact) mass is 362 g/mol. The van der Waals surface area contributed by atoms with Crippen molar-refractivity contribution >= 4 is 0 Å². The molecule has 144 valence electrons. The van der Waals surface area contributed by atoms with Crippen molar-refractivity contribution in [2.45, 2.75) is 67.6 Å². The third kappa shape index (κ3) is 4.59. The summed E-state index contributed by atoms with van der Waals surface area (Å²) >= 11 is 0. The number of hydrogen-bond acceptors (Lipinski definition) is 1. The van der Waals surface area contributed by atoms with Gasteiger partial charge in [-0.05, 0) is 99.9 Å². The van der Waals surface area contributed by atoms with E-state index >= 15 is 0 Å². The smallest absolute Gasteiger partial charge is 0.105 e. The number of aryl methyl sites for hydroxylation is 4. The Morgan fingerprint density at radius 3 is 1.30 bits per heavy atom. The lowest BCUT2D eigenvalue weighted by atomic mass is 9.91. The lowest BCUT2D eigenvalue weighted by molar-refractivity contribution is 0.0259. The average molecular weight is 363 g/mol. The molecule has 0 radical (unpaired) electrons. The molecule has 0 aliphatic rings. The Morgan fingerprint density at radius 2 is 1.00 bits per heavy atom. The van der Waals surface area contributed by atoms with Gasteiger partial charge in [0.05, 0.1) is 0 Å². The van der Waals surface area contributed by atoms with E-state index in [1.54, 1.807) is 0 Å². The van der Waals surface area contributed by atoms with E-state index in [1.165, 1.54) is 44.5 Å². The zero-order valence-corrected chi connectivity index (χ0v) is 18.3. The summed E-state index contributed by atoms with van der Waals surface area (Å²) in [6.45, 7) is 25.5. The Labute approximate surface area is 165 Å². The fourth-order valence-electron chi connectivity index (χ4n) is 3.74. The molecule has 2 atom stereocenters. The van der Waals surface area contributed by atoms with Crippen molar-refractivity contribution in [2.24, 2.45) is 0 Å². The molecule has 0 saturated heterocycles. The first-order valence-corrected chi connectivity index (χ1v) is 9.64. The summed E-state index contributed by atoms with van der Waals surface area (Å²) in [6.07, 6.45) is -0.323. The zero-order valence-electron chi connectivity index (χ0n) is 18.3. The van der Waals surface area contributed by atoms with Crippen molar-refractivity contribution < 1.29 is 4.74 Å². The Balaban J connectivity index is 2.56. The van der Waals surface area contributed by atoms with Gasteiger partial charge in [0.15, 0.2) is 0 Å². The molecular weight excluding hydrogens is 328 g/mol. The first-order valence-electron chi connectivity index (χ1n) is 9.64. The first kappa shape index (κ1) is 21.2. The van der Waals surface area contributed by atoms with Crippen molar-refractivity contribution in [2.75, 3.05) is 0 Å². The fraction of sp³-hybridized carbons (Fsp3) is 0.385. The van der Waals surface area contributed by atoms with Crippen molar-refractivity contribution in [1.29, 1.82) is 0 Å². The number of ether oxygens (including phenoxy) is 1. The molecule has 0 bridgehead atoms. The van der Waals surface area contributed by atoms with Crippen LogP contribution >= 0.6 is 0 Å². The van der Waals surface area contributed by atoms with E-state index in [1.807, 2.05) is 13.8 Å². The molecule has 27 heavy (non-hydrogen) atoms. The summed E-state index contributed by atoms with van der Waals surface area (Å²) < 4.78 is 6.73. The van der Waals surface area contributed by atoms with Crippen LogP contribution in [0.2, 0.25) is 0 Å². The maximum atomic E-state index is 6.73. The van der Waals surface area contributed by atoms with Gasteiger partial charge in [0.1, 0.15) is 12.2 Å². The van der Waals surface area contributed by atoms with E-state index in [-0.39, 0.29) is 12.2 Å². The minimum absolute atomic E-state index is 0.162. The number of benzene rings is 2. The molecule has 0 aliphatic heterocycles. The average Bonchev–Trinajstić information content (AvgIpc) is 2.55. The molecule has 0 heterocycles. The maximum absolute atomic E-state index is 6.73. The summed E-state index contributed by atoms with van der Waals surface area (Å²) in [6, 6.07) is 8.90. The molecule has 0 N–H and O–H groups in total. The van der Waals surface area contributed by atoms with Crippen molar-refractivity contribution in [1.82, 2.24) is 0 Å². The molecule has 0 fully saturated rings. The molecule has 0 aromatic heterocycles. The zero-order chi connectivity index (χ0) is 20.5. The number of rotatable bonds is 6. The molecule has 0 saturated carbocycles. The van der Waals surface area contributed by atoms with Gasteiger partial charge in [-0.2, -0.15) is 0 Å². The van der Waals surface area contributed by atoms with Gasteiger partial charge < -0.3 is 4.74 Å². The van der Waals surface area contributed by atoms with Crippen molar-refractivity contribution in [3.8, 4) is 0 Å². The highest BCUT2D eigenvalue weighted by atomic mass is 16.5. The third-order valence-corrected chi connectivity index (χ3v) is 5.44. The second kappa shape index (κ2) is 8.27. The molecule has 0 spiro atoms. The Kier molecular flexibility index (Phi) is 6.49. The summed E-state index contributed by atoms with van der Waals surface area (Å²) in [5.41, 5.74) is 12.0. The van der Waals surface area contributed by atoms with Crippen LogP contribution in [0.1, 0.15) is 70.6 Å². The Hall–Kier alpha value is -2.12. The van der Waals surface area contributed by atoms with Gasteiger partial charge in [0.2, 0.25) is 0 Å². The summed E-state index contributed by atoms with van der Waals surface area (Å²) in [5, 5.41) is 0. The fourth-order valence-corrected chi connectivity index (χ4v) is 3.74. The minimum Gasteiger partial charge on any atom is -0.357 e. The third-order valence-electron chi connectivity index (χ3n) is 5.44. The maximum Gasteiger partial charge on any atom is 0.105 e. The van der Waals surface area contributed by atoms with Crippen LogP contribution in [0.4, 0.5) is 0 Å². The molecule has 2 aromatic rings. The second-order valence-electron chi connectivity index (χ2n) is 8.18. The minimum atomic E-state index is -0.162. The Morgan fingerprint density at radius 1 is 0.667 bits per heavy atom. The van der Waals surface area contributed by atoms with Gasteiger partial charge in [-0.3, -0.25) is 0 Å². The molecule has 2 rings (SSSR count). The van der Waals surface area contributed by atoms with Crippen LogP contribution in [0.5, 0.6) is 0 Å². The van der Waals surface area contributed by atoms with E-state index < -0.39 is 0 Å². The lowest BCUT2D eigenvalue weighted by Gasteiger charge is -2.29. The van der Waals surface area contributed by atoms with E-state index in [4.69, 9.17) is 4.74 Å². The van der Waals surface area contributed by atoms with Crippen molar-refractivity contribution in [3.63, 3.8) is 0 Å². The lowest BCUT2D eigenvalue weighted by Crippen LogP contribution is -2.15. The molecule has 1 heteroatoms. The van der Waals surface area contributed by atoms with Crippen molar-refractivity contribution in [3.05, 3.63) is 93.1 Å². The van der Waals surface area contributed by atoms with Gasteiger partial charge in [-0.15, -0.1) is 0 Å². The van der Waals surface area contributed by atoms with Gasteiger partial charge in [0, 0.05) is 0 Å². The highest BCUT2D eigenvalue weighted by molar-refractivity contribution is 5.43. The number of hydrogen-bond donors (Lipinski definition) is 0. The quantitative estimate of drug-likeness (QED) is 0.484.